The largest absolute Gasteiger partial charge is 0.370 e. The SMILES string of the molecule is CCCc1nc(NCC)cc(NC(C)C2CCCC2)n1. The van der Waals surface area contributed by atoms with Crippen LogP contribution < -0.4 is 10.6 Å². The van der Waals surface area contributed by atoms with E-state index in [1.807, 2.05) is 6.07 Å². The lowest BCUT2D eigenvalue weighted by atomic mass is 10.00. The fraction of sp³-hybridized carbons (Fsp3) is 0.750. The first kappa shape index (κ1) is 15.1. The van der Waals surface area contributed by atoms with Crippen LogP contribution in [0.2, 0.25) is 0 Å². The third kappa shape index (κ3) is 4.09. The molecular weight excluding hydrogens is 248 g/mol. The Morgan fingerprint density at radius 3 is 2.55 bits per heavy atom. The van der Waals surface area contributed by atoms with E-state index in [0.717, 1.165) is 42.8 Å². The Labute approximate surface area is 122 Å². The minimum atomic E-state index is 0.497. The molecule has 0 saturated heterocycles. The van der Waals surface area contributed by atoms with Gasteiger partial charge in [-0.05, 0) is 39.0 Å². The van der Waals surface area contributed by atoms with Gasteiger partial charge in [0.05, 0.1) is 0 Å². The van der Waals surface area contributed by atoms with Crippen molar-refractivity contribution >= 4 is 11.6 Å². The van der Waals surface area contributed by atoms with Crippen LogP contribution in [0.4, 0.5) is 11.6 Å². The monoisotopic (exact) mass is 276 g/mol. The Hall–Kier alpha value is -1.32. The van der Waals surface area contributed by atoms with Gasteiger partial charge in [-0.25, -0.2) is 9.97 Å². The second-order valence-corrected chi connectivity index (χ2v) is 5.81. The summed E-state index contributed by atoms with van der Waals surface area (Å²) < 4.78 is 0. The van der Waals surface area contributed by atoms with Crippen LogP contribution >= 0.6 is 0 Å². The molecule has 112 valence electrons. The third-order valence-corrected chi connectivity index (χ3v) is 4.09. The lowest BCUT2D eigenvalue weighted by molar-refractivity contribution is 0.481. The van der Waals surface area contributed by atoms with Crippen LogP contribution in [-0.2, 0) is 6.42 Å². The summed E-state index contributed by atoms with van der Waals surface area (Å²) in [6, 6.07) is 2.53. The molecular formula is C16H28N4. The fourth-order valence-corrected chi connectivity index (χ4v) is 2.99. The Kier molecular flexibility index (Phi) is 5.62. The van der Waals surface area contributed by atoms with Gasteiger partial charge in [0.25, 0.3) is 0 Å². The van der Waals surface area contributed by atoms with Gasteiger partial charge in [0.1, 0.15) is 17.5 Å². The number of hydrogen-bond donors (Lipinski definition) is 2. The molecule has 0 aromatic carbocycles. The zero-order valence-corrected chi connectivity index (χ0v) is 13.1. The number of rotatable bonds is 7. The number of hydrogen-bond acceptors (Lipinski definition) is 4. The molecule has 1 aliphatic carbocycles. The van der Waals surface area contributed by atoms with Gasteiger partial charge in [-0.2, -0.15) is 0 Å². The number of aromatic nitrogens is 2. The van der Waals surface area contributed by atoms with E-state index in [4.69, 9.17) is 0 Å². The molecule has 0 bridgehead atoms. The van der Waals surface area contributed by atoms with E-state index in [1.165, 1.54) is 25.7 Å². The standard InChI is InChI=1S/C16H28N4/c1-4-8-14-19-15(17-5-2)11-16(20-14)18-12(3)13-9-6-7-10-13/h11-13H,4-10H2,1-3H3,(H2,17,18,19,20). The molecule has 1 fully saturated rings. The van der Waals surface area contributed by atoms with Gasteiger partial charge in [-0.1, -0.05) is 19.8 Å². The number of nitrogens with zero attached hydrogens (tertiary/aromatic N) is 2. The van der Waals surface area contributed by atoms with E-state index in [1.54, 1.807) is 0 Å². The van der Waals surface area contributed by atoms with Crippen molar-refractivity contribution < 1.29 is 0 Å². The van der Waals surface area contributed by atoms with Gasteiger partial charge in [-0.15, -0.1) is 0 Å². The molecule has 4 nitrogen and oxygen atoms in total. The zero-order valence-electron chi connectivity index (χ0n) is 13.1. The second kappa shape index (κ2) is 7.46. The third-order valence-electron chi connectivity index (χ3n) is 4.09. The first-order valence-electron chi connectivity index (χ1n) is 8.11. The van der Waals surface area contributed by atoms with Crippen molar-refractivity contribution in [3.8, 4) is 0 Å². The van der Waals surface area contributed by atoms with Crippen molar-refractivity contribution in [2.45, 2.75) is 65.3 Å². The highest BCUT2D eigenvalue weighted by molar-refractivity contribution is 5.48. The van der Waals surface area contributed by atoms with E-state index in [9.17, 15) is 0 Å². The fourth-order valence-electron chi connectivity index (χ4n) is 2.99. The Morgan fingerprint density at radius 2 is 1.90 bits per heavy atom. The maximum atomic E-state index is 4.65. The predicted octanol–water partition coefficient (Wildman–Crippen LogP) is 3.85. The van der Waals surface area contributed by atoms with E-state index < -0.39 is 0 Å². The Balaban J connectivity index is 2.07. The average Bonchev–Trinajstić information content (AvgIpc) is 2.93. The molecule has 1 saturated carbocycles. The Morgan fingerprint density at radius 1 is 1.20 bits per heavy atom. The lowest BCUT2D eigenvalue weighted by Crippen LogP contribution is -2.24. The summed E-state index contributed by atoms with van der Waals surface area (Å²) >= 11 is 0. The Bertz CT molecular complexity index is 389. The van der Waals surface area contributed by atoms with E-state index in [-0.39, 0.29) is 0 Å². The number of aryl methyl sites for hydroxylation is 1. The molecule has 1 atom stereocenters. The molecule has 20 heavy (non-hydrogen) atoms. The molecule has 0 aliphatic heterocycles. The summed E-state index contributed by atoms with van der Waals surface area (Å²) in [4.78, 5) is 9.21. The summed E-state index contributed by atoms with van der Waals surface area (Å²) in [5.41, 5.74) is 0. The molecule has 1 aliphatic rings. The van der Waals surface area contributed by atoms with E-state index >= 15 is 0 Å². The quantitative estimate of drug-likeness (QED) is 0.794. The number of anilines is 2. The van der Waals surface area contributed by atoms with Gasteiger partial charge >= 0.3 is 0 Å². The highest BCUT2D eigenvalue weighted by Gasteiger charge is 2.21. The van der Waals surface area contributed by atoms with Crippen LogP contribution in [-0.4, -0.2) is 22.6 Å². The van der Waals surface area contributed by atoms with Crippen LogP contribution in [0.1, 0.15) is 58.7 Å². The highest BCUT2D eigenvalue weighted by atomic mass is 15.1. The van der Waals surface area contributed by atoms with Crippen molar-refractivity contribution in [3.63, 3.8) is 0 Å². The molecule has 4 heteroatoms. The lowest BCUT2D eigenvalue weighted by Gasteiger charge is -2.21. The zero-order chi connectivity index (χ0) is 14.4. The van der Waals surface area contributed by atoms with E-state index in [2.05, 4.69) is 41.4 Å². The molecule has 2 rings (SSSR count). The van der Waals surface area contributed by atoms with Crippen LogP contribution in [0.25, 0.3) is 0 Å². The highest BCUT2D eigenvalue weighted by Crippen LogP contribution is 2.29. The maximum Gasteiger partial charge on any atom is 0.133 e. The van der Waals surface area contributed by atoms with Crippen molar-refractivity contribution in [2.75, 3.05) is 17.2 Å². The van der Waals surface area contributed by atoms with Gasteiger partial charge < -0.3 is 10.6 Å². The first-order valence-corrected chi connectivity index (χ1v) is 8.11. The van der Waals surface area contributed by atoms with Crippen molar-refractivity contribution in [2.24, 2.45) is 5.92 Å². The molecule has 1 aromatic rings. The molecule has 1 unspecified atom stereocenters. The summed E-state index contributed by atoms with van der Waals surface area (Å²) in [6.07, 6.45) is 7.47. The molecule has 0 spiro atoms. The van der Waals surface area contributed by atoms with Crippen molar-refractivity contribution in [3.05, 3.63) is 11.9 Å². The average molecular weight is 276 g/mol. The van der Waals surface area contributed by atoms with Crippen LogP contribution in [0.15, 0.2) is 6.07 Å². The number of nitrogens with one attached hydrogen (secondary N) is 2. The predicted molar refractivity (Wildman–Crippen MR) is 85.2 cm³/mol. The van der Waals surface area contributed by atoms with Gasteiger partial charge in [0.15, 0.2) is 0 Å². The van der Waals surface area contributed by atoms with Crippen molar-refractivity contribution in [1.82, 2.24) is 9.97 Å². The van der Waals surface area contributed by atoms with Crippen LogP contribution in [0.5, 0.6) is 0 Å². The summed E-state index contributed by atoms with van der Waals surface area (Å²) in [7, 11) is 0. The van der Waals surface area contributed by atoms with E-state index in [0.29, 0.717) is 6.04 Å². The minimum Gasteiger partial charge on any atom is -0.370 e. The summed E-state index contributed by atoms with van der Waals surface area (Å²) in [6.45, 7) is 7.43. The van der Waals surface area contributed by atoms with Gasteiger partial charge in [0, 0.05) is 25.1 Å². The summed E-state index contributed by atoms with van der Waals surface area (Å²) in [5, 5.41) is 6.89. The second-order valence-electron chi connectivity index (χ2n) is 5.81. The minimum absolute atomic E-state index is 0.497. The maximum absolute atomic E-state index is 4.65. The van der Waals surface area contributed by atoms with Crippen LogP contribution in [0, 0.1) is 5.92 Å². The van der Waals surface area contributed by atoms with Crippen LogP contribution in [0.3, 0.4) is 0 Å². The normalized spacial score (nSPS) is 17.1. The molecule has 1 heterocycles. The molecule has 1 aromatic heterocycles. The molecule has 0 radical (unpaired) electrons. The first-order chi connectivity index (χ1) is 9.72. The molecule has 2 N–H and O–H groups in total. The van der Waals surface area contributed by atoms with Gasteiger partial charge in [0.2, 0.25) is 0 Å². The van der Waals surface area contributed by atoms with Gasteiger partial charge in [-0.3, -0.25) is 0 Å². The smallest absolute Gasteiger partial charge is 0.133 e. The van der Waals surface area contributed by atoms with Crippen molar-refractivity contribution in [1.29, 1.82) is 0 Å². The summed E-state index contributed by atoms with van der Waals surface area (Å²) in [5.74, 6) is 3.64. The topological polar surface area (TPSA) is 49.8 Å². The molecule has 0 amide bonds.